The van der Waals surface area contributed by atoms with Crippen molar-refractivity contribution in [3.8, 4) is 5.75 Å². The first kappa shape index (κ1) is 14.9. The van der Waals surface area contributed by atoms with E-state index in [-0.39, 0.29) is 17.5 Å². The van der Waals surface area contributed by atoms with Gasteiger partial charge in [0.25, 0.3) is 5.91 Å². The average molecular weight is 270 g/mol. The van der Waals surface area contributed by atoms with E-state index in [2.05, 4.69) is 4.98 Å². The number of carbonyl (C=O) groups is 2. The molecular weight excluding hydrogens is 255 g/mol. The van der Waals surface area contributed by atoms with Crippen LogP contribution < -0.4 is 10.1 Å². The van der Waals surface area contributed by atoms with Crippen LogP contribution in [0.15, 0.2) is 18.3 Å². The molecule has 0 aliphatic carbocycles. The van der Waals surface area contributed by atoms with Crippen molar-refractivity contribution in [2.45, 2.75) is 26.0 Å². The molecule has 1 atom stereocenters. The Morgan fingerprint density at radius 3 is 2.74 bits per heavy atom. The van der Waals surface area contributed by atoms with Crippen molar-refractivity contribution in [3.05, 3.63) is 24.0 Å². The predicted octanol–water partition coefficient (Wildman–Crippen LogP) is 1.02. The first-order valence-electron chi connectivity index (χ1n) is 5.67. The van der Waals surface area contributed by atoms with Crippen LogP contribution in [0, 0.1) is 0 Å². The number of ether oxygens (including phenoxy) is 1. The van der Waals surface area contributed by atoms with Crippen LogP contribution in [0.1, 0.15) is 24.3 Å². The van der Waals surface area contributed by atoms with Crippen molar-refractivity contribution in [1.29, 1.82) is 0 Å². The van der Waals surface area contributed by atoms with E-state index in [1.54, 1.807) is 19.9 Å². The number of carboxylic acids is 1. The molecule has 0 aliphatic rings. The summed E-state index contributed by atoms with van der Waals surface area (Å²) in [6, 6.07) is 1.52. The van der Waals surface area contributed by atoms with Gasteiger partial charge >= 0.3 is 5.97 Å². The molecule has 1 aromatic rings. The molecule has 0 radical (unpaired) electrons. The molecule has 0 spiro atoms. The lowest BCUT2D eigenvalue weighted by atomic mass is 10.2. The van der Waals surface area contributed by atoms with Crippen LogP contribution in [0.2, 0.25) is 0 Å². The zero-order valence-electron chi connectivity index (χ0n) is 10.6. The molecule has 1 heterocycles. The first-order valence-corrected chi connectivity index (χ1v) is 5.67. The minimum Gasteiger partial charge on any atom is -0.489 e. The maximum atomic E-state index is 12.4. The smallest absolute Gasteiger partial charge is 0.328 e. The summed E-state index contributed by atoms with van der Waals surface area (Å²) >= 11 is 0. The quantitative estimate of drug-likeness (QED) is 0.805. The van der Waals surface area contributed by atoms with Gasteiger partial charge in [-0.15, -0.1) is 0 Å². The molecule has 0 aromatic carbocycles. The lowest BCUT2D eigenvalue weighted by Crippen LogP contribution is -2.42. The highest BCUT2D eigenvalue weighted by Gasteiger charge is 2.23. The Hall–Kier alpha value is -2.18. The topological polar surface area (TPSA) is 88.5 Å². The first-order chi connectivity index (χ1) is 8.95. The fourth-order valence-corrected chi connectivity index (χ4v) is 1.30. The second kappa shape index (κ2) is 6.67. The van der Waals surface area contributed by atoms with Gasteiger partial charge in [-0.2, -0.15) is 0 Å². The molecule has 1 unspecified atom stereocenters. The van der Waals surface area contributed by atoms with Crippen molar-refractivity contribution in [2.75, 3.05) is 6.67 Å². The van der Waals surface area contributed by atoms with Crippen molar-refractivity contribution in [1.82, 2.24) is 10.3 Å². The molecule has 0 fully saturated rings. The highest BCUT2D eigenvalue weighted by atomic mass is 19.1. The van der Waals surface area contributed by atoms with Crippen LogP contribution in [0.25, 0.3) is 0 Å². The Balaban J connectivity index is 2.90. The molecule has 1 amide bonds. The number of amides is 1. The zero-order valence-corrected chi connectivity index (χ0v) is 10.6. The fraction of sp³-hybridized carbons (Fsp3) is 0.417. The third-order valence-corrected chi connectivity index (χ3v) is 2.11. The van der Waals surface area contributed by atoms with E-state index in [4.69, 9.17) is 9.84 Å². The molecule has 0 aliphatic heterocycles. The number of nitrogens with zero attached hydrogens (tertiary/aromatic N) is 1. The molecule has 104 valence electrons. The highest BCUT2D eigenvalue weighted by Crippen LogP contribution is 2.16. The molecule has 7 heteroatoms. The van der Waals surface area contributed by atoms with Gasteiger partial charge in [-0.25, -0.2) is 14.2 Å². The summed E-state index contributed by atoms with van der Waals surface area (Å²) in [5.41, 5.74) is -0.0732. The van der Waals surface area contributed by atoms with E-state index in [1.807, 2.05) is 5.32 Å². The van der Waals surface area contributed by atoms with Gasteiger partial charge in [0.1, 0.15) is 6.67 Å². The van der Waals surface area contributed by atoms with E-state index in [1.165, 1.54) is 12.3 Å². The maximum absolute atomic E-state index is 12.4. The number of pyridine rings is 1. The van der Waals surface area contributed by atoms with E-state index in [0.29, 0.717) is 0 Å². The van der Waals surface area contributed by atoms with Gasteiger partial charge in [0, 0.05) is 6.20 Å². The van der Waals surface area contributed by atoms with Crippen LogP contribution >= 0.6 is 0 Å². The standard InChI is InChI=1S/C12H15FN2O4/c1-7(2)19-9-4-3-5-14-10(9)11(16)15-8(6-13)12(17)18/h3-5,7-8H,6H2,1-2H3,(H,15,16)(H,17,18). The van der Waals surface area contributed by atoms with Gasteiger partial charge in [0.15, 0.2) is 17.5 Å². The number of rotatable bonds is 6. The predicted molar refractivity (Wildman–Crippen MR) is 64.9 cm³/mol. The Labute approximate surface area is 109 Å². The van der Waals surface area contributed by atoms with Crippen LogP contribution in [0.5, 0.6) is 5.75 Å². The number of carboxylic acid groups (broad SMARTS) is 1. The van der Waals surface area contributed by atoms with Crippen LogP contribution in [0.4, 0.5) is 4.39 Å². The average Bonchev–Trinajstić information content (AvgIpc) is 2.35. The highest BCUT2D eigenvalue weighted by molar-refractivity contribution is 5.97. The minimum atomic E-state index is -1.60. The molecule has 1 aromatic heterocycles. The van der Waals surface area contributed by atoms with Crippen LogP contribution in [-0.4, -0.2) is 40.8 Å². The third kappa shape index (κ3) is 4.20. The number of hydrogen-bond acceptors (Lipinski definition) is 4. The number of halogens is 1. The molecule has 1 rings (SSSR count). The second-order valence-electron chi connectivity index (χ2n) is 4.04. The lowest BCUT2D eigenvalue weighted by Gasteiger charge is -2.14. The monoisotopic (exact) mass is 270 g/mol. The second-order valence-corrected chi connectivity index (χ2v) is 4.04. The molecular formula is C12H15FN2O4. The summed E-state index contributed by atoms with van der Waals surface area (Å²) < 4.78 is 17.8. The third-order valence-electron chi connectivity index (χ3n) is 2.11. The van der Waals surface area contributed by atoms with E-state index >= 15 is 0 Å². The number of alkyl halides is 1. The molecule has 0 saturated carbocycles. The van der Waals surface area contributed by atoms with Crippen molar-refractivity contribution >= 4 is 11.9 Å². The minimum absolute atomic E-state index is 0.0732. The maximum Gasteiger partial charge on any atom is 0.328 e. The van der Waals surface area contributed by atoms with E-state index in [9.17, 15) is 14.0 Å². The number of carbonyl (C=O) groups excluding carboxylic acids is 1. The molecule has 6 nitrogen and oxygen atoms in total. The largest absolute Gasteiger partial charge is 0.489 e. The molecule has 2 N–H and O–H groups in total. The van der Waals surface area contributed by atoms with Gasteiger partial charge in [-0.3, -0.25) is 4.79 Å². The van der Waals surface area contributed by atoms with Gasteiger partial charge in [-0.1, -0.05) is 0 Å². The number of nitrogens with one attached hydrogen (secondary N) is 1. The fourth-order valence-electron chi connectivity index (χ4n) is 1.30. The van der Waals surface area contributed by atoms with Crippen molar-refractivity contribution in [3.63, 3.8) is 0 Å². The zero-order chi connectivity index (χ0) is 14.4. The van der Waals surface area contributed by atoms with Gasteiger partial charge in [-0.05, 0) is 26.0 Å². The van der Waals surface area contributed by atoms with Crippen LogP contribution in [0.3, 0.4) is 0 Å². The Bertz CT molecular complexity index is 465. The lowest BCUT2D eigenvalue weighted by molar-refractivity contribution is -0.139. The van der Waals surface area contributed by atoms with Crippen molar-refractivity contribution < 1.29 is 23.8 Å². The Morgan fingerprint density at radius 1 is 1.53 bits per heavy atom. The van der Waals surface area contributed by atoms with Gasteiger partial charge in [0.05, 0.1) is 6.10 Å². The molecule has 0 bridgehead atoms. The molecule has 0 saturated heterocycles. The van der Waals surface area contributed by atoms with E-state index in [0.717, 1.165) is 0 Å². The number of aliphatic carboxylic acids is 1. The number of hydrogen-bond donors (Lipinski definition) is 2. The van der Waals surface area contributed by atoms with E-state index < -0.39 is 24.6 Å². The van der Waals surface area contributed by atoms with Crippen LogP contribution in [-0.2, 0) is 4.79 Å². The Kier molecular flexibility index (Phi) is 5.23. The van der Waals surface area contributed by atoms with Gasteiger partial charge < -0.3 is 15.2 Å². The summed E-state index contributed by atoms with van der Waals surface area (Å²) in [6.07, 6.45) is 1.19. The number of aromatic nitrogens is 1. The summed E-state index contributed by atoms with van der Waals surface area (Å²) in [7, 11) is 0. The SMILES string of the molecule is CC(C)Oc1cccnc1C(=O)NC(CF)C(=O)O. The summed E-state index contributed by atoms with van der Waals surface area (Å²) in [6.45, 7) is 2.35. The Morgan fingerprint density at radius 2 is 2.21 bits per heavy atom. The van der Waals surface area contributed by atoms with Gasteiger partial charge in [0.2, 0.25) is 0 Å². The molecule has 19 heavy (non-hydrogen) atoms. The summed E-state index contributed by atoms with van der Waals surface area (Å²) in [4.78, 5) is 26.3. The normalized spacial score (nSPS) is 12.0. The summed E-state index contributed by atoms with van der Waals surface area (Å²) in [5, 5.41) is 10.7. The summed E-state index contributed by atoms with van der Waals surface area (Å²) in [5.74, 6) is -2.02. The van der Waals surface area contributed by atoms with Crippen molar-refractivity contribution in [2.24, 2.45) is 0 Å².